The van der Waals surface area contributed by atoms with Gasteiger partial charge in [0.25, 0.3) is 0 Å². The molecule has 0 aliphatic heterocycles. The van der Waals surface area contributed by atoms with Gasteiger partial charge in [-0.15, -0.1) is 0 Å². The zero-order chi connectivity index (χ0) is 27.7. The van der Waals surface area contributed by atoms with Crippen LogP contribution in [0.5, 0.6) is 5.75 Å². The van der Waals surface area contributed by atoms with Crippen LogP contribution >= 0.6 is 0 Å². The van der Waals surface area contributed by atoms with Crippen molar-refractivity contribution in [3.8, 4) is 5.75 Å². The van der Waals surface area contributed by atoms with Gasteiger partial charge < -0.3 is 20.9 Å². The third-order valence-electron chi connectivity index (χ3n) is 5.87. The number of rotatable bonds is 10. The number of hydrogen-bond acceptors (Lipinski definition) is 6. The highest BCUT2D eigenvalue weighted by Crippen LogP contribution is 2.32. The Morgan fingerprint density at radius 2 is 1.76 bits per heavy atom. The van der Waals surface area contributed by atoms with E-state index < -0.39 is 23.8 Å². The van der Waals surface area contributed by atoms with E-state index in [0.717, 1.165) is 6.07 Å². The molecular weight excluding hydrogens is 489 g/mol. The van der Waals surface area contributed by atoms with Crippen LogP contribution in [0.15, 0.2) is 78.9 Å². The molecule has 0 radical (unpaired) electrons. The number of ketones is 1. The lowest BCUT2D eigenvalue weighted by Gasteiger charge is -2.25. The third-order valence-corrected chi connectivity index (χ3v) is 5.87. The van der Waals surface area contributed by atoms with Crippen molar-refractivity contribution >= 4 is 34.8 Å². The second-order valence-electron chi connectivity index (χ2n) is 8.83. The third kappa shape index (κ3) is 7.92. The molecule has 0 aliphatic carbocycles. The van der Waals surface area contributed by atoms with E-state index in [-0.39, 0.29) is 17.6 Å². The van der Waals surface area contributed by atoms with Crippen molar-refractivity contribution in [1.29, 1.82) is 0 Å². The molecule has 3 aromatic carbocycles. The van der Waals surface area contributed by atoms with Crippen LogP contribution in [0.1, 0.15) is 48.7 Å². The topological polar surface area (TPSA) is 131 Å². The summed E-state index contributed by atoms with van der Waals surface area (Å²) in [4.78, 5) is 36.3. The smallest absolute Gasteiger partial charge is 0.412 e. The van der Waals surface area contributed by atoms with Crippen LogP contribution in [-0.2, 0) is 9.53 Å². The normalized spacial score (nSPS) is 12.5. The standard InChI is InChI=1S/C29H30FN3O5/c1-18(7-3-6-10-27(36)33-25-9-5-4-8-24(25)31)28(21-13-16-26(35)23(30)17-21)38-29(37)32-22-14-11-20(12-15-22)19(2)34/h4-6,8-18,28,35H,3,7,31H2,1-2H3,(H,32,37)(H,33,36)/b10-6+/t18-,28-/m0/s1. The zero-order valence-corrected chi connectivity index (χ0v) is 21.1. The highest BCUT2D eigenvalue weighted by molar-refractivity contribution is 6.01. The average Bonchev–Trinajstić information content (AvgIpc) is 2.88. The van der Waals surface area contributed by atoms with Gasteiger partial charge in [-0.25, -0.2) is 9.18 Å². The number of phenolic OH excluding ortho intramolecular Hbond substituents is 1. The summed E-state index contributed by atoms with van der Waals surface area (Å²) in [6.07, 6.45) is 2.47. The molecule has 0 heterocycles. The highest BCUT2D eigenvalue weighted by Gasteiger charge is 2.24. The highest BCUT2D eigenvalue weighted by atomic mass is 19.1. The summed E-state index contributed by atoms with van der Waals surface area (Å²) in [6.45, 7) is 3.28. The molecule has 3 aromatic rings. The quantitative estimate of drug-likeness (QED) is 0.143. The predicted molar refractivity (Wildman–Crippen MR) is 144 cm³/mol. The monoisotopic (exact) mass is 519 g/mol. The summed E-state index contributed by atoms with van der Waals surface area (Å²) in [5.74, 6) is -2.05. The van der Waals surface area contributed by atoms with Gasteiger partial charge in [0, 0.05) is 11.3 Å². The van der Waals surface area contributed by atoms with Gasteiger partial charge in [-0.1, -0.05) is 31.2 Å². The molecule has 8 nitrogen and oxygen atoms in total. The van der Waals surface area contributed by atoms with Gasteiger partial charge in [-0.2, -0.15) is 0 Å². The summed E-state index contributed by atoms with van der Waals surface area (Å²) < 4.78 is 19.8. The molecule has 2 amide bonds. The van der Waals surface area contributed by atoms with Gasteiger partial charge >= 0.3 is 6.09 Å². The average molecular weight is 520 g/mol. The van der Waals surface area contributed by atoms with Crippen molar-refractivity contribution in [1.82, 2.24) is 0 Å². The van der Waals surface area contributed by atoms with Crippen molar-refractivity contribution in [3.63, 3.8) is 0 Å². The number of nitrogens with one attached hydrogen (secondary N) is 2. The lowest BCUT2D eigenvalue weighted by atomic mass is 9.93. The fourth-order valence-electron chi connectivity index (χ4n) is 3.75. The number of aromatic hydroxyl groups is 1. The van der Waals surface area contributed by atoms with E-state index >= 15 is 0 Å². The van der Waals surface area contributed by atoms with E-state index in [4.69, 9.17) is 10.5 Å². The summed E-state index contributed by atoms with van der Waals surface area (Å²) >= 11 is 0. The van der Waals surface area contributed by atoms with Crippen LogP contribution in [0.2, 0.25) is 0 Å². The first kappa shape index (κ1) is 27.9. The fourth-order valence-corrected chi connectivity index (χ4v) is 3.75. The Morgan fingerprint density at radius 3 is 2.42 bits per heavy atom. The molecule has 0 aromatic heterocycles. The second kappa shape index (κ2) is 13.0. The summed E-state index contributed by atoms with van der Waals surface area (Å²) in [6, 6.07) is 17.1. The van der Waals surface area contributed by atoms with E-state index in [0.29, 0.717) is 41.0 Å². The maximum atomic E-state index is 14.1. The van der Waals surface area contributed by atoms with Crippen molar-refractivity contribution in [3.05, 3.63) is 95.8 Å². The maximum Gasteiger partial charge on any atom is 0.412 e. The Hall–Kier alpha value is -4.66. The zero-order valence-electron chi connectivity index (χ0n) is 21.1. The van der Waals surface area contributed by atoms with Crippen molar-refractivity contribution < 1.29 is 28.6 Å². The van der Waals surface area contributed by atoms with Crippen LogP contribution < -0.4 is 16.4 Å². The van der Waals surface area contributed by atoms with E-state index in [2.05, 4.69) is 10.6 Å². The van der Waals surface area contributed by atoms with Crippen LogP contribution in [0.3, 0.4) is 0 Å². The summed E-state index contributed by atoms with van der Waals surface area (Å²) in [5, 5.41) is 14.9. The Morgan fingerprint density at radius 1 is 1.05 bits per heavy atom. The lowest BCUT2D eigenvalue weighted by molar-refractivity contribution is -0.111. The molecule has 0 spiro atoms. The fraction of sp³-hybridized carbons (Fsp3) is 0.207. The van der Waals surface area contributed by atoms with E-state index in [9.17, 15) is 23.9 Å². The second-order valence-corrected chi connectivity index (χ2v) is 8.83. The van der Waals surface area contributed by atoms with Gasteiger partial charge in [0.15, 0.2) is 17.3 Å². The number of amides is 2. The van der Waals surface area contributed by atoms with E-state index in [1.165, 1.54) is 25.1 Å². The number of nitrogens with two attached hydrogens (primary N) is 1. The summed E-state index contributed by atoms with van der Waals surface area (Å²) in [5.41, 5.74) is 8.11. The molecule has 38 heavy (non-hydrogen) atoms. The van der Waals surface area contributed by atoms with Gasteiger partial charge in [-0.3, -0.25) is 14.9 Å². The Balaban J connectivity index is 1.64. The number of ether oxygens (including phenoxy) is 1. The number of anilines is 3. The van der Waals surface area contributed by atoms with E-state index in [1.807, 2.05) is 6.92 Å². The largest absolute Gasteiger partial charge is 0.505 e. The first-order valence-corrected chi connectivity index (χ1v) is 12.0. The van der Waals surface area contributed by atoms with Crippen molar-refractivity contribution in [2.24, 2.45) is 5.92 Å². The number of carbonyl (C=O) groups excluding carboxylic acids is 3. The van der Waals surface area contributed by atoms with Crippen molar-refractivity contribution in [2.45, 2.75) is 32.8 Å². The van der Waals surface area contributed by atoms with Crippen LogP contribution in [0.4, 0.5) is 26.2 Å². The minimum Gasteiger partial charge on any atom is -0.505 e. The number of allylic oxidation sites excluding steroid dienone is 1. The molecule has 0 unspecified atom stereocenters. The molecule has 0 saturated heterocycles. The van der Waals surface area contributed by atoms with E-state index in [1.54, 1.807) is 54.6 Å². The number of nitrogen functional groups attached to an aromatic ring is 1. The number of para-hydroxylation sites is 2. The first-order chi connectivity index (χ1) is 18.1. The molecule has 9 heteroatoms. The molecule has 0 fully saturated rings. The Labute approximate surface area is 220 Å². The van der Waals surface area contributed by atoms with Gasteiger partial charge in [-0.05, 0) is 85.9 Å². The minimum absolute atomic E-state index is 0.0990. The molecule has 0 bridgehead atoms. The first-order valence-electron chi connectivity index (χ1n) is 12.0. The van der Waals surface area contributed by atoms with Gasteiger partial charge in [0.2, 0.25) is 5.91 Å². The predicted octanol–water partition coefficient (Wildman–Crippen LogP) is 6.22. The molecule has 5 N–H and O–H groups in total. The number of phenols is 1. The van der Waals surface area contributed by atoms with Crippen molar-refractivity contribution in [2.75, 3.05) is 16.4 Å². The SMILES string of the molecule is CC(=O)c1ccc(NC(=O)O[C@H](c2ccc(O)c(F)c2)[C@@H](C)CC/C=C/C(=O)Nc2ccccc2N)cc1. The number of hydrogen-bond donors (Lipinski definition) is 4. The molecule has 0 aliphatic rings. The van der Waals surface area contributed by atoms with Crippen LogP contribution in [0.25, 0.3) is 0 Å². The van der Waals surface area contributed by atoms with Gasteiger partial charge in [0.1, 0.15) is 6.10 Å². The maximum absolute atomic E-state index is 14.1. The van der Waals surface area contributed by atoms with Gasteiger partial charge in [0.05, 0.1) is 11.4 Å². The number of halogens is 1. The summed E-state index contributed by atoms with van der Waals surface area (Å²) in [7, 11) is 0. The lowest BCUT2D eigenvalue weighted by Crippen LogP contribution is -2.22. The molecular formula is C29H30FN3O5. The molecule has 0 saturated carbocycles. The molecule has 3 rings (SSSR count). The van der Waals surface area contributed by atoms with Crippen LogP contribution in [-0.4, -0.2) is 22.9 Å². The number of Topliss-reactive ketones (excluding diaryl/α,β-unsaturated/α-hetero) is 1. The van der Waals surface area contributed by atoms with Crippen LogP contribution in [0, 0.1) is 11.7 Å². The Kier molecular flexibility index (Phi) is 9.59. The minimum atomic E-state index is -0.840. The number of benzene rings is 3. The molecule has 2 atom stereocenters. The number of carbonyl (C=O) groups is 3. The molecule has 198 valence electrons. The Bertz CT molecular complexity index is 1320.